The number of rotatable bonds is 4. The van der Waals surface area contributed by atoms with Crippen LogP contribution in [0, 0.1) is 0 Å². The van der Waals surface area contributed by atoms with E-state index in [1.54, 1.807) is 0 Å². The molecule has 0 fully saturated rings. The monoisotopic (exact) mass is 324 g/mol. The number of ether oxygens (including phenoxy) is 1. The molecule has 126 valence electrons. The Balaban J connectivity index is 1.88. The zero-order chi connectivity index (χ0) is 17.1. The van der Waals surface area contributed by atoms with Crippen LogP contribution < -0.4 is 15.0 Å². The fourth-order valence-corrected chi connectivity index (χ4v) is 3.08. The van der Waals surface area contributed by atoms with Crippen LogP contribution >= 0.6 is 0 Å². The molecule has 1 aliphatic heterocycles. The number of para-hydroxylation sites is 1. The molecular formula is C20H24N2O2. The summed E-state index contributed by atoms with van der Waals surface area (Å²) in [6, 6.07) is 16.1. The predicted octanol–water partition coefficient (Wildman–Crippen LogP) is 3.61. The van der Waals surface area contributed by atoms with Crippen molar-refractivity contribution < 1.29 is 9.53 Å². The second-order valence-corrected chi connectivity index (χ2v) is 6.59. The van der Waals surface area contributed by atoms with Crippen LogP contribution in [0.3, 0.4) is 0 Å². The lowest BCUT2D eigenvalue weighted by Crippen LogP contribution is -2.38. The Labute approximate surface area is 143 Å². The number of amides is 1. The lowest BCUT2D eigenvalue weighted by Gasteiger charge is -2.26. The standard InChI is InChI=1S/C20H24N2O2/c1-14(2)24-17-8-6-7-16(11-17)13-22-12-15(3)21-20(23)18-9-4-5-10-19(18)22/h4-11,14-15H,12-13H2,1-3H3,(H,21,23)/t15-/m0/s1. The average Bonchev–Trinajstić information content (AvgIpc) is 2.64. The minimum atomic E-state index is -0.00232. The molecule has 1 N–H and O–H groups in total. The van der Waals surface area contributed by atoms with Crippen molar-refractivity contribution in [3.05, 3.63) is 59.7 Å². The maximum atomic E-state index is 12.3. The first-order valence-corrected chi connectivity index (χ1v) is 8.43. The molecule has 0 unspecified atom stereocenters. The van der Waals surface area contributed by atoms with Crippen LogP contribution in [-0.2, 0) is 6.54 Å². The van der Waals surface area contributed by atoms with Crippen molar-refractivity contribution in [2.45, 2.75) is 39.5 Å². The molecule has 0 spiro atoms. The van der Waals surface area contributed by atoms with E-state index >= 15 is 0 Å². The molecule has 0 radical (unpaired) electrons. The zero-order valence-corrected chi connectivity index (χ0v) is 14.5. The summed E-state index contributed by atoms with van der Waals surface area (Å²) in [4.78, 5) is 14.6. The lowest BCUT2D eigenvalue weighted by atomic mass is 10.1. The first kappa shape index (κ1) is 16.4. The van der Waals surface area contributed by atoms with Gasteiger partial charge in [0.2, 0.25) is 0 Å². The summed E-state index contributed by atoms with van der Waals surface area (Å²) in [6.45, 7) is 7.60. The first-order valence-electron chi connectivity index (χ1n) is 8.43. The van der Waals surface area contributed by atoms with Crippen LogP contribution in [0.4, 0.5) is 5.69 Å². The molecule has 4 heteroatoms. The SMILES string of the molecule is CC(C)Oc1cccc(CN2C[C@H](C)NC(=O)c3ccccc32)c1. The van der Waals surface area contributed by atoms with Crippen LogP contribution in [0.1, 0.15) is 36.7 Å². The first-order chi connectivity index (χ1) is 11.5. The lowest BCUT2D eigenvalue weighted by molar-refractivity contribution is 0.0945. The summed E-state index contributed by atoms with van der Waals surface area (Å²) in [6.07, 6.45) is 0.154. The number of nitrogens with zero attached hydrogens (tertiary/aromatic N) is 1. The van der Waals surface area contributed by atoms with Gasteiger partial charge in [0.15, 0.2) is 0 Å². The highest BCUT2D eigenvalue weighted by molar-refractivity contribution is 6.00. The average molecular weight is 324 g/mol. The Hall–Kier alpha value is -2.49. The Morgan fingerprint density at radius 3 is 2.79 bits per heavy atom. The maximum absolute atomic E-state index is 12.3. The number of hydrogen-bond donors (Lipinski definition) is 1. The highest BCUT2D eigenvalue weighted by Crippen LogP contribution is 2.26. The van der Waals surface area contributed by atoms with Gasteiger partial charge >= 0.3 is 0 Å². The molecule has 0 saturated carbocycles. The van der Waals surface area contributed by atoms with Gasteiger partial charge in [0.1, 0.15) is 5.75 Å². The summed E-state index contributed by atoms with van der Waals surface area (Å²) in [5, 5.41) is 3.05. The summed E-state index contributed by atoms with van der Waals surface area (Å²) in [5.41, 5.74) is 2.88. The number of hydrogen-bond acceptors (Lipinski definition) is 3. The minimum Gasteiger partial charge on any atom is -0.491 e. The third-order valence-corrected chi connectivity index (χ3v) is 4.00. The summed E-state index contributed by atoms with van der Waals surface area (Å²) >= 11 is 0. The number of benzene rings is 2. The van der Waals surface area contributed by atoms with E-state index in [1.165, 1.54) is 5.56 Å². The molecule has 2 aromatic carbocycles. The molecule has 0 saturated heterocycles. The van der Waals surface area contributed by atoms with Crippen LogP contribution in [-0.4, -0.2) is 24.6 Å². The molecule has 3 rings (SSSR count). The van der Waals surface area contributed by atoms with Crippen molar-refractivity contribution in [2.24, 2.45) is 0 Å². The van der Waals surface area contributed by atoms with Gasteiger partial charge in [-0.25, -0.2) is 0 Å². The van der Waals surface area contributed by atoms with Crippen LogP contribution in [0.15, 0.2) is 48.5 Å². The summed E-state index contributed by atoms with van der Waals surface area (Å²) in [7, 11) is 0. The molecule has 0 aromatic heterocycles. The van der Waals surface area contributed by atoms with Gasteiger partial charge in [-0.1, -0.05) is 24.3 Å². The van der Waals surface area contributed by atoms with Crippen LogP contribution in [0.2, 0.25) is 0 Å². The Morgan fingerprint density at radius 1 is 1.21 bits per heavy atom. The van der Waals surface area contributed by atoms with Crippen molar-refractivity contribution in [1.82, 2.24) is 5.32 Å². The number of carbonyl (C=O) groups is 1. The summed E-state index contributed by atoms with van der Waals surface area (Å²) in [5.74, 6) is 0.880. The van der Waals surface area contributed by atoms with Crippen LogP contribution in [0.5, 0.6) is 5.75 Å². The molecule has 4 nitrogen and oxygen atoms in total. The highest BCUT2D eigenvalue weighted by Gasteiger charge is 2.23. The Kier molecular flexibility index (Phi) is 4.74. The normalized spacial score (nSPS) is 17.2. The van der Waals surface area contributed by atoms with Gasteiger partial charge in [0.25, 0.3) is 5.91 Å². The van der Waals surface area contributed by atoms with Crippen LogP contribution in [0.25, 0.3) is 0 Å². The molecule has 0 aliphatic carbocycles. The van der Waals surface area contributed by atoms with E-state index in [4.69, 9.17) is 4.74 Å². The van der Waals surface area contributed by atoms with Gasteiger partial charge in [-0.05, 0) is 50.6 Å². The topological polar surface area (TPSA) is 41.6 Å². The Morgan fingerprint density at radius 2 is 2.00 bits per heavy atom. The number of carbonyl (C=O) groups excluding carboxylic acids is 1. The second kappa shape index (κ2) is 6.95. The van der Waals surface area contributed by atoms with E-state index in [2.05, 4.69) is 22.3 Å². The van der Waals surface area contributed by atoms with Gasteiger partial charge in [-0.2, -0.15) is 0 Å². The molecule has 24 heavy (non-hydrogen) atoms. The van der Waals surface area contributed by atoms with Gasteiger partial charge in [0, 0.05) is 24.8 Å². The molecule has 0 bridgehead atoms. The van der Waals surface area contributed by atoms with E-state index in [1.807, 2.05) is 57.2 Å². The van der Waals surface area contributed by atoms with Crippen molar-refractivity contribution >= 4 is 11.6 Å². The van der Waals surface area contributed by atoms with Gasteiger partial charge in [0.05, 0.1) is 11.7 Å². The number of nitrogens with one attached hydrogen (secondary N) is 1. The second-order valence-electron chi connectivity index (χ2n) is 6.59. The van der Waals surface area contributed by atoms with Gasteiger partial charge < -0.3 is 15.0 Å². The predicted molar refractivity (Wildman–Crippen MR) is 96.6 cm³/mol. The molecule has 1 atom stereocenters. The number of anilines is 1. The van der Waals surface area contributed by atoms with E-state index < -0.39 is 0 Å². The molecule has 1 heterocycles. The largest absolute Gasteiger partial charge is 0.491 e. The van der Waals surface area contributed by atoms with E-state index in [0.29, 0.717) is 0 Å². The molecule has 2 aromatic rings. The molecule has 1 aliphatic rings. The van der Waals surface area contributed by atoms with Gasteiger partial charge in [-0.15, -0.1) is 0 Å². The molecular weight excluding hydrogens is 300 g/mol. The van der Waals surface area contributed by atoms with Gasteiger partial charge in [-0.3, -0.25) is 4.79 Å². The smallest absolute Gasteiger partial charge is 0.253 e. The van der Waals surface area contributed by atoms with E-state index in [9.17, 15) is 4.79 Å². The third kappa shape index (κ3) is 3.70. The number of fused-ring (bicyclic) bond motifs is 1. The van der Waals surface area contributed by atoms with Crippen molar-refractivity contribution in [3.63, 3.8) is 0 Å². The zero-order valence-electron chi connectivity index (χ0n) is 14.5. The van der Waals surface area contributed by atoms with Crippen molar-refractivity contribution in [1.29, 1.82) is 0 Å². The quantitative estimate of drug-likeness (QED) is 0.934. The fraction of sp³-hybridized carbons (Fsp3) is 0.350. The minimum absolute atomic E-state index is 0.00232. The summed E-state index contributed by atoms with van der Waals surface area (Å²) < 4.78 is 5.79. The van der Waals surface area contributed by atoms with E-state index in [0.717, 1.165) is 30.1 Å². The molecule has 1 amide bonds. The van der Waals surface area contributed by atoms with Crippen molar-refractivity contribution in [3.8, 4) is 5.75 Å². The van der Waals surface area contributed by atoms with Crippen molar-refractivity contribution in [2.75, 3.05) is 11.4 Å². The van der Waals surface area contributed by atoms with E-state index in [-0.39, 0.29) is 18.1 Å². The maximum Gasteiger partial charge on any atom is 0.253 e. The Bertz CT molecular complexity index is 727. The third-order valence-electron chi connectivity index (χ3n) is 4.00. The fourth-order valence-electron chi connectivity index (χ4n) is 3.08. The highest BCUT2D eigenvalue weighted by atomic mass is 16.5.